The third-order valence-electron chi connectivity index (χ3n) is 8.44. The van der Waals surface area contributed by atoms with Crippen molar-refractivity contribution in [1.29, 1.82) is 5.41 Å². The number of hydrogen-bond donors (Lipinski definition) is 1. The molecule has 9 nitrogen and oxygen atoms in total. The third kappa shape index (κ3) is 6.47. The first-order chi connectivity index (χ1) is 22.1. The van der Waals surface area contributed by atoms with Gasteiger partial charge in [0, 0.05) is 55.9 Å². The molecule has 1 aliphatic carbocycles. The smallest absolute Gasteiger partial charge is 0.401 e. The molecular formula is C33H32F4N4O5. The maximum Gasteiger partial charge on any atom is 0.401 e. The number of rotatable bonds is 11. The largest absolute Gasteiger partial charge is 0.493 e. The molecule has 1 saturated heterocycles. The number of carbonyl (C=O) groups is 1. The molecule has 3 heterocycles. The van der Waals surface area contributed by atoms with Crippen LogP contribution in [0.25, 0.3) is 22.3 Å². The molecule has 1 N–H and O–H groups in total. The second-order valence-corrected chi connectivity index (χ2v) is 11.5. The second kappa shape index (κ2) is 12.8. The summed E-state index contributed by atoms with van der Waals surface area (Å²) in [7, 11) is 1.53. The van der Waals surface area contributed by atoms with E-state index in [1.807, 2.05) is 0 Å². The van der Waals surface area contributed by atoms with Crippen molar-refractivity contribution in [2.75, 3.05) is 46.6 Å². The minimum absolute atomic E-state index is 0.0288. The summed E-state index contributed by atoms with van der Waals surface area (Å²) < 4.78 is 77.6. The molecule has 0 amide bonds. The Morgan fingerprint density at radius 2 is 1.89 bits per heavy atom. The first-order valence-corrected chi connectivity index (χ1v) is 14.9. The minimum Gasteiger partial charge on any atom is -0.493 e. The maximum atomic E-state index is 15.2. The number of aromatic nitrogens is 2. The van der Waals surface area contributed by atoms with Gasteiger partial charge in [0.25, 0.3) is 0 Å². The van der Waals surface area contributed by atoms with Crippen molar-refractivity contribution in [3.8, 4) is 22.8 Å². The van der Waals surface area contributed by atoms with Gasteiger partial charge in [-0.1, -0.05) is 12.1 Å². The average molecular weight is 641 g/mol. The Bertz CT molecular complexity index is 1760. The van der Waals surface area contributed by atoms with Gasteiger partial charge in [-0.15, -0.1) is 0 Å². The zero-order valence-electron chi connectivity index (χ0n) is 25.1. The van der Waals surface area contributed by atoms with Gasteiger partial charge in [0.2, 0.25) is 0 Å². The van der Waals surface area contributed by atoms with Crippen LogP contribution in [0.2, 0.25) is 0 Å². The van der Waals surface area contributed by atoms with E-state index in [0.717, 1.165) is 45.0 Å². The number of furan rings is 1. The molecule has 13 heteroatoms. The Kier molecular flexibility index (Phi) is 8.80. The molecule has 1 aliphatic heterocycles. The molecule has 4 aromatic rings. The molecule has 0 unspecified atom stereocenters. The highest BCUT2D eigenvalue weighted by atomic mass is 19.4. The molecule has 2 fully saturated rings. The van der Waals surface area contributed by atoms with Crippen molar-refractivity contribution >= 4 is 22.5 Å². The van der Waals surface area contributed by atoms with Crippen LogP contribution in [0.5, 0.6) is 11.5 Å². The van der Waals surface area contributed by atoms with Crippen molar-refractivity contribution in [2.45, 2.75) is 37.3 Å². The molecule has 1 saturated carbocycles. The van der Waals surface area contributed by atoms with Crippen molar-refractivity contribution in [3.63, 3.8) is 0 Å². The van der Waals surface area contributed by atoms with Gasteiger partial charge in [-0.25, -0.2) is 9.37 Å². The normalized spacial score (nSPS) is 16.6. The van der Waals surface area contributed by atoms with E-state index < -0.39 is 35.3 Å². The summed E-state index contributed by atoms with van der Waals surface area (Å²) in [5.74, 6) is -0.754. The van der Waals surface area contributed by atoms with E-state index in [4.69, 9.17) is 24.0 Å². The Hall–Kier alpha value is -4.36. The van der Waals surface area contributed by atoms with Gasteiger partial charge in [-0.05, 0) is 37.0 Å². The molecule has 0 radical (unpaired) electrons. The van der Waals surface area contributed by atoms with Gasteiger partial charge in [-0.2, -0.15) is 13.2 Å². The van der Waals surface area contributed by atoms with Crippen LogP contribution in [0.15, 0.2) is 53.3 Å². The van der Waals surface area contributed by atoms with Crippen LogP contribution in [0.3, 0.4) is 0 Å². The number of nitrogens with zero attached hydrogens (tertiary/aromatic N) is 3. The zero-order valence-corrected chi connectivity index (χ0v) is 25.1. The lowest BCUT2D eigenvalue weighted by Crippen LogP contribution is -2.30. The Labute approximate surface area is 262 Å². The van der Waals surface area contributed by atoms with Crippen molar-refractivity contribution in [3.05, 3.63) is 71.6 Å². The zero-order chi connectivity index (χ0) is 32.5. The Balaban J connectivity index is 1.12. The Morgan fingerprint density at radius 1 is 1.09 bits per heavy atom. The number of carbonyl (C=O) groups excluding carboxylic acids is 1. The number of ether oxygens (including phenoxy) is 3. The van der Waals surface area contributed by atoms with E-state index in [-0.39, 0.29) is 29.7 Å². The highest BCUT2D eigenvalue weighted by molar-refractivity contribution is 6.45. The molecule has 46 heavy (non-hydrogen) atoms. The molecular weight excluding hydrogens is 608 g/mol. The summed E-state index contributed by atoms with van der Waals surface area (Å²) in [6.45, 7) is 4.49. The number of nitrogens with one attached hydrogen (secondary N) is 1. The van der Waals surface area contributed by atoms with E-state index in [1.165, 1.54) is 25.4 Å². The van der Waals surface area contributed by atoms with Gasteiger partial charge in [0.1, 0.15) is 35.6 Å². The fourth-order valence-corrected chi connectivity index (χ4v) is 5.52. The monoisotopic (exact) mass is 640 g/mol. The number of ketones is 1. The van der Waals surface area contributed by atoms with Crippen molar-refractivity contribution < 1.29 is 41.0 Å². The number of alkyl halides is 3. The van der Waals surface area contributed by atoms with E-state index in [1.54, 1.807) is 18.2 Å². The van der Waals surface area contributed by atoms with Crippen LogP contribution in [-0.4, -0.2) is 79.1 Å². The minimum atomic E-state index is -4.49. The summed E-state index contributed by atoms with van der Waals surface area (Å²) in [4.78, 5) is 24.2. The quantitative estimate of drug-likeness (QED) is 0.159. The average Bonchev–Trinajstić information content (AvgIpc) is 3.79. The van der Waals surface area contributed by atoms with Gasteiger partial charge < -0.3 is 18.6 Å². The molecule has 0 atom stereocenters. The number of hydrogen-bond acceptors (Lipinski definition) is 9. The lowest BCUT2D eigenvalue weighted by atomic mass is 9.98. The summed E-state index contributed by atoms with van der Waals surface area (Å²) >= 11 is 0. The number of benzene rings is 2. The predicted molar refractivity (Wildman–Crippen MR) is 160 cm³/mol. The van der Waals surface area contributed by atoms with Crippen molar-refractivity contribution in [2.24, 2.45) is 0 Å². The summed E-state index contributed by atoms with van der Waals surface area (Å²) in [6, 6.07) is 8.76. The predicted octanol–water partition coefficient (Wildman–Crippen LogP) is 5.91. The molecule has 2 aromatic heterocycles. The van der Waals surface area contributed by atoms with Crippen LogP contribution in [0.1, 0.15) is 36.1 Å². The van der Waals surface area contributed by atoms with E-state index in [9.17, 15) is 18.0 Å². The standard InChI is InChI=1S/C33H32F4N4O5/c1-43-28-17-25-24(16-29(28)45-12-9-41-7-2-10-44-11-8-41)39-18-26(40-25)21-4-3-20(23(34)13-21)14-27(42)31(38)22-15-30(46-19-22)32(5-6-32)33(35,36)37/h3-4,13,15-19,38H,2,5-12,14H2,1H3. The number of halogens is 4. The highest BCUT2D eigenvalue weighted by Gasteiger charge is 2.66. The van der Waals surface area contributed by atoms with E-state index >= 15 is 4.39 Å². The SMILES string of the molecule is COc1cc2nc(-c3ccc(CC(=O)C(=N)c4coc(C5(C(F)(F)F)CC5)c4)c(F)c3)cnc2cc1OCCN1CCCOCC1. The van der Waals surface area contributed by atoms with Crippen LogP contribution >= 0.6 is 0 Å². The van der Waals surface area contributed by atoms with Gasteiger partial charge in [0.15, 0.2) is 17.3 Å². The molecule has 6 rings (SSSR count). The van der Waals surface area contributed by atoms with Crippen molar-refractivity contribution in [1.82, 2.24) is 14.9 Å². The maximum absolute atomic E-state index is 15.2. The van der Waals surface area contributed by atoms with E-state index in [0.29, 0.717) is 47.0 Å². The number of methoxy groups -OCH3 is 1. The number of Topliss-reactive ketones (excluding diaryl/α,β-unsaturated/α-hetero) is 1. The second-order valence-electron chi connectivity index (χ2n) is 11.5. The van der Waals surface area contributed by atoms with Crippen LogP contribution < -0.4 is 9.47 Å². The fraction of sp³-hybridized carbons (Fsp3) is 0.394. The highest BCUT2D eigenvalue weighted by Crippen LogP contribution is 2.59. The first kappa shape index (κ1) is 31.6. The van der Waals surface area contributed by atoms with Gasteiger partial charge >= 0.3 is 6.18 Å². The van der Waals surface area contributed by atoms with Crippen LogP contribution in [0, 0.1) is 11.2 Å². The topological polar surface area (TPSA) is 111 Å². The lowest BCUT2D eigenvalue weighted by Gasteiger charge is -2.19. The molecule has 2 aliphatic rings. The van der Waals surface area contributed by atoms with Crippen LogP contribution in [-0.2, 0) is 21.4 Å². The molecule has 0 bridgehead atoms. The summed E-state index contributed by atoms with van der Waals surface area (Å²) in [5.41, 5.74) is -0.777. The Morgan fingerprint density at radius 3 is 2.63 bits per heavy atom. The lowest BCUT2D eigenvalue weighted by molar-refractivity contribution is -0.164. The first-order valence-electron chi connectivity index (χ1n) is 14.9. The third-order valence-corrected chi connectivity index (χ3v) is 8.44. The van der Waals surface area contributed by atoms with Crippen LogP contribution in [0.4, 0.5) is 17.6 Å². The summed E-state index contributed by atoms with van der Waals surface area (Å²) in [5, 5.41) is 8.19. The van der Waals surface area contributed by atoms with E-state index in [2.05, 4.69) is 14.9 Å². The summed E-state index contributed by atoms with van der Waals surface area (Å²) in [6.07, 6.45) is -1.70. The molecule has 242 valence electrons. The molecule has 0 spiro atoms. The molecule has 2 aromatic carbocycles. The van der Waals surface area contributed by atoms with Gasteiger partial charge in [-0.3, -0.25) is 20.1 Å². The number of fused-ring (bicyclic) bond motifs is 1. The van der Waals surface area contributed by atoms with Gasteiger partial charge in [0.05, 0.1) is 36.6 Å². The fourth-order valence-electron chi connectivity index (χ4n) is 5.52.